The molecule has 0 radical (unpaired) electrons. The Balaban J connectivity index is 0. The van der Waals surface area contributed by atoms with E-state index >= 15 is 0 Å². The molecule has 0 heterocycles. The van der Waals surface area contributed by atoms with E-state index in [0.717, 1.165) is 6.04 Å². The van der Waals surface area contributed by atoms with E-state index in [9.17, 15) is 4.46 Å². The van der Waals surface area contributed by atoms with Crippen molar-refractivity contribution in [2.24, 2.45) is 5.92 Å². The summed E-state index contributed by atoms with van der Waals surface area (Å²) in [6, 6.07) is 0.903. The third kappa shape index (κ3) is 10.7. The molecule has 0 saturated carbocycles. The molecule has 2 nitrogen and oxygen atoms in total. The average Bonchev–Trinajstić information content (AvgIpc) is 1.35. The van der Waals surface area contributed by atoms with Crippen LogP contribution in [-0.2, 0) is 4.46 Å². The predicted octanol–water partition coefficient (Wildman–Crippen LogP) is 0.0180. The van der Waals surface area contributed by atoms with Crippen molar-refractivity contribution in [2.45, 2.75) is 19.9 Å². The molecule has 0 aliphatic rings. The fourth-order valence-corrected chi connectivity index (χ4v) is 0.577. The van der Waals surface area contributed by atoms with Crippen LogP contribution in [0.4, 0.5) is 0 Å². The SMILES string of the molecule is CC(C)C[SiH]=O.O. The second-order valence-electron chi connectivity index (χ2n) is 1.80. The van der Waals surface area contributed by atoms with Crippen LogP contribution in [0, 0.1) is 5.92 Å². The summed E-state index contributed by atoms with van der Waals surface area (Å²) in [5.74, 6) is 0.623. The zero-order valence-corrected chi connectivity index (χ0v) is 5.92. The van der Waals surface area contributed by atoms with Gasteiger partial charge in [0, 0.05) is 0 Å². The van der Waals surface area contributed by atoms with Gasteiger partial charge >= 0.3 is 0 Å². The Morgan fingerprint density at radius 1 is 1.57 bits per heavy atom. The second-order valence-corrected chi connectivity index (χ2v) is 2.60. The average molecular weight is 120 g/mol. The van der Waals surface area contributed by atoms with Gasteiger partial charge in [0.05, 0.1) is 0 Å². The lowest BCUT2D eigenvalue weighted by Crippen LogP contribution is -1.84. The molecule has 0 aliphatic carbocycles. The van der Waals surface area contributed by atoms with Crippen molar-refractivity contribution in [3.05, 3.63) is 0 Å². The Labute approximate surface area is 46.1 Å². The topological polar surface area (TPSA) is 48.6 Å². The molecule has 0 saturated heterocycles. The summed E-state index contributed by atoms with van der Waals surface area (Å²) < 4.78 is 9.82. The summed E-state index contributed by atoms with van der Waals surface area (Å²) in [5.41, 5.74) is 0. The maximum atomic E-state index is 9.82. The molecular weight excluding hydrogens is 108 g/mol. The van der Waals surface area contributed by atoms with Crippen molar-refractivity contribution in [2.75, 3.05) is 0 Å². The first kappa shape index (κ1) is 10.1. The second kappa shape index (κ2) is 5.98. The lowest BCUT2D eigenvalue weighted by Gasteiger charge is -1.89. The standard InChI is InChI=1S/C4H10OSi.H2O/c1-4(2)3-6-5;/h4,6H,3H2,1-2H3;1H2. The van der Waals surface area contributed by atoms with Crippen molar-refractivity contribution in [1.29, 1.82) is 0 Å². The molecule has 0 rings (SSSR count). The molecule has 0 fully saturated rings. The Hall–Kier alpha value is -0.0231. The van der Waals surface area contributed by atoms with Crippen LogP contribution >= 0.6 is 0 Å². The fraction of sp³-hybridized carbons (Fsp3) is 1.00. The van der Waals surface area contributed by atoms with Gasteiger partial charge in [-0.15, -0.1) is 0 Å². The summed E-state index contributed by atoms with van der Waals surface area (Å²) in [6.45, 7) is 4.15. The molecule has 0 aromatic carbocycles. The van der Waals surface area contributed by atoms with Gasteiger partial charge in [0.2, 0.25) is 0 Å². The fourth-order valence-electron chi connectivity index (χ4n) is 0.192. The monoisotopic (exact) mass is 120 g/mol. The van der Waals surface area contributed by atoms with Crippen molar-refractivity contribution < 1.29 is 9.94 Å². The van der Waals surface area contributed by atoms with Crippen LogP contribution in [0.25, 0.3) is 0 Å². The first-order valence-corrected chi connectivity index (χ1v) is 3.49. The minimum absolute atomic E-state index is 0. The highest BCUT2D eigenvalue weighted by Crippen LogP contribution is 1.93. The Morgan fingerprint density at radius 3 is 2.00 bits per heavy atom. The van der Waals surface area contributed by atoms with E-state index in [4.69, 9.17) is 0 Å². The van der Waals surface area contributed by atoms with Crippen LogP contribution in [0.1, 0.15) is 13.8 Å². The Kier molecular flexibility index (Phi) is 8.59. The van der Waals surface area contributed by atoms with Gasteiger partial charge in [0.25, 0.3) is 9.41 Å². The maximum Gasteiger partial charge on any atom is 0.261 e. The molecule has 0 atom stereocenters. The predicted molar refractivity (Wildman–Crippen MR) is 31.1 cm³/mol. The van der Waals surface area contributed by atoms with Crippen molar-refractivity contribution in [1.82, 2.24) is 0 Å². The summed E-state index contributed by atoms with van der Waals surface area (Å²) in [5, 5.41) is 0. The third-order valence-electron chi connectivity index (χ3n) is 0.568. The normalized spacial score (nSPS) is 7.86. The van der Waals surface area contributed by atoms with Crippen LogP contribution in [0.3, 0.4) is 0 Å². The van der Waals surface area contributed by atoms with E-state index in [1.807, 2.05) is 0 Å². The zero-order chi connectivity index (χ0) is 4.99. The van der Waals surface area contributed by atoms with Gasteiger partial charge in [0.15, 0.2) is 0 Å². The van der Waals surface area contributed by atoms with Gasteiger partial charge in [-0.2, -0.15) is 0 Å². The molecule has 0 aromatic rings. The Morgan fingerprint density at radius 2 is 2.00 bits per heavy atom. The minimum atomic E-state index is -0.498. The van der Waals surface area contributed by atoms with E-state index in [1.165, 1.54) is 0 Å². The quantitative estimate of drug-likeness (QED) is 0.474. The van der Waals surface area contributed by atoms with E-state index < -0.39 is 9.41 Å². The lowest BCUT2D eigenvalue weighted by atomic mass is 10.3. The van der Waals surface area contributed by atoms with Crippen LogP contribution < -0.4 is 0 Å². The van der Waals surface area contributed by atoms with Crippen LogP contribution in [0.5, 0.6) is 0 Å². The van der Waals surface area contributed by atoms with Gasteiger partial charge in [-0.1, -0.05) is 13.8 Å². The molecule has 0 aromatic heterocycles. The van der Waals surface area contributed by atoms with Crippen molar-refractivity contribution in [3.8, 4) is 0 Å². The van der Waals surface area contributed by atoms with Gasteiger partial charge < -0.3 is 9.94 Å². The van der Waals surface area contributed by atoms with Crippen LogP contribution in [0.2, 0.25) is 6.04 Å². The van der Waals surface area contributed by atoms with Gasteiger partial charge in [-0.25, -0.2) is 0 Å². The molecule has 2 N–H and O–H groups in total. The Bertz CT molecular complexity index is 45.0. The molecule has 0 aliphatic heterocycles. The molecule has 7 heavy (non-hydrogen) atoms. The maximum absolute atomic E-state index is 9.82. The first-order valence-electron chi connectivity index (χ1n) is 2.21. The highest BCUT2D eigenvalue weighted by molar-refractivity contribution is 6.16. The summed E-state index contributed by atoms with van der Waals surface area (Å²) in [4.78, 5) is 0. The number of hydrogen-bond acceptors (Lipinski definition) is 1. The lowest BCUT2D eigenvalue weighted by molar-refractivity contribution is 0.565. The minimum Gasteiger partial charge on any atom is -0.412 e. The van der Waals surface area contributed by atoms with Gasteiger partial charge in [0.1, 0.15) is 0 Å². The van der Waals surface area contributed by atoms with E-state index in [-0.39, 0.29) is 5.48 Å². The zero-order valence-electron chi connectivity index (χ0n) is 4.77. The number of rotatable bonds is 2. The molecule has 0 amide bonds. The van der Waals surface area contributed by atoms with E-state index in [0.29, 0.717) is 5.92 Å². The largest absolute Gasteiger partial charge is 0.412 e. The van der Waals surface area contributed by atoms with Crippen LogP contribution in [-0.4, -0.2) is 14.9 Å². The smallest absolute Gasteiger partial charge is 0.261 e. The third-order valence-corrected chi connectivity index (χ3v) is 1.70. The molecule has 3 heteroatoms. The molecular formula is C4H12O2Si. The van der Waals surface area contributed by atoms with Crippen molar-refractivity contribution in [3.63, 3.8) is 0 Å². The molecule has 0 spiro atoms. The summed E-state index contributed by atoms with van der Waals surface area (Å²) in [6.07, 6.45) is 0. The highest BCUT2D eigenvalue weighted by atomic mass is 28.2. The highest BCUT2D eigenvalue weighted by Gasteiger charge is 1.87. The molecule has 0 unspecified atom stereocenters. The first-order chi connectivity index (χ1) is 2.77. The van der Waals surface area contributed by atoms with Gasteiger partial charge in [-0.3, -0.25) is 0 Å². The summed E-state index contributed by atoms with van der Waals surface area (Å²) in [7, 11) is -0.498. The van der Waals surface area contributed by atoms with Crippen molar-refractivity contribution >= 4 is 9.41 Å². The van der Waals surface area contributed by atoms with Crippen LogP contribution in [0.15, 0.2) is 0 Å². The number of hydrogen-bond donors (Lipinski definition) is 0. The molecule has 44 valence electrons. The summed E-state index contributed by atoms with van der Waals surface area (Å²) >= 11 is 0. The van der Waals surface area contributed by atoms with Gasteiger partial charge in [-0.05, 0) is 12.0 Å². The molecule has 0 bridgehead atoms. The van der Waals surface area contributed by atoms with E-state index in [1.54, 1.807) is 0 Å². The van der Waals surface area contributed by atoms with E-state index in [2.05, 4.69) is 13.8 Å².